The number of nitrogens with zero attached hydrogens (tertiary/aromatic N) is 2. The van der Waals surface area contributed by atoms with Crippen molar-refractivity contribution in [2.24, 2.45) is 0 Å². The van der Waals surface area contributed by atoms with Crippen LogP contribution in [0.3, 0.4) is 0 Å². The van der Waals surface area contributed by atoms with E-state index in [1.54, 1.807) is 24.3 Å². The van der Waals surface area contributed by atoms with Crippen molar-refractivity contribution in [1.29, 1.82) is 0 Å². The number of phenols is 1. The second kappa shape index (κ2) is 17.0. The number of carbonyl (C=O) groups is 2. The van der Waals surface area contributed by atoms with Crippen molar-refractivity contribution in [3.8, 4) is 39.3 Å². The van der Waals surface area contributed by atoms with Gasteiger partial charge in [-0.05, 0) is 96.1 Å². The molecular weight excluding hydrogens is 769 g/mol. The van der Waals surface area contributed by atoms with E-state index in [1.165, 1.54) is 18.2 Å². The minimum Gasteiger partial charge on any atom is -0.508 e. The number of anilines is 2. The van der Waals surface area contributed by atoms with Crippen LogP contribution >= 0.6 is 0 Å². The molecule has 6 aromatic rings. The molecule has 5 aromatic carbocycles. The summed E-state index contributed by atoms with van der Waals surface area (Å²) in [5.74, 6) is -1.10. The van der Waals surface area contributed by atoms with Gasteiger partial charge in [0.2, 0.25) is 0 Å². The number of rotatable bonds is 13. The Morgan fingerprint density at radius 3 is 1.98 bits per heavy atom. The largest absolute Gasteiger partial charge is 0.508 e. The molecule has 0 radical (unpaired) electrons. The molecule has 0 spiro atoms. The van der Waals surface area contributed by atoms with Gasteiger partial charge in [-0.25, -0.2) is 9.21 Å². The Morgan fingerprint density at radius 1 is 0.672 bits per heavy atom. The predicted octanol–water partition coefficient (Wildman–Crippen LogP) is 11.2. The van der Waals surface area contributed by atoms with Crippen LogP contribution in [0.1, 0.15) is 47.2 Å². The number of carbonyl (C=O) groups excluding carboxylic acids is 1. The number of aliphatic carboxylic acids is 1. The lowest BCUT2D eigenvalue weighted by atomic mass is 9.89. The second-order valence-corrected chi connectivity index (χ2v) is 15.5. The molecule has 0 unspecified atom stereocenters. The molecule has 10 heteroatoms. The van der Waals surface area contributed by atoms with Gasteiger partial charge in [-0.2, -0.15) is 0 Å². The molecule has 0 fully saturated rings. The summed E-state index contributed by atoms with van der Waals surface area (Å²) in [5, 5.41) is 22.0. The third-order valence-corrected chi connectivity index (χ3v) is 10.9. The zero-order chi connectivity index (χ0) is 42.8. The number of fused-ring (bicyclic) bond motifs is 4. The average Bonchev–Trinajstić information content (AvgIpc) is 3.24. The number of aromatic hydroxyl groups is 1. The minimum atomic E-state index is -0.860. The number of phenolic OH excluding ortho intramolecular Hbond substituents is 1. The van der Waals surface area contributed by atoms with Crippen molar-refractivity contribution >= 4 is 68.4 Å². The monoisotopic (exact) mass is 813 g/mol. The maximum atomic E-state index is 14.0. The van der Waals surface area contributed by atoms with Crippen molar-refractivity contribution in [2.45, 2.75) is 25.7 Å². The second-order valence-electron chi connectivity index (χ2n) is 15.5. The van der Waals surface area contributed by atoms with Gasteiger partial charge in [0.1, 0.15) is 17.1 Å². The molecule has 0 saturated heterocycles. The highest BCUT2D eigenvalue weighted by atomic mass is 16.5. The highest BCUT2D eigenvalue weighted by molar-refractivity contribution is 6.10. The number of carboxylic acids is 1. The normalized spacial score (nSPS) is 11.5. The van der Waals surface area contributed by atoms with Gasteiger partial charge < -0.3 is 29.2 Å². The van der Waals surface area contributed by atoms with E-state index >= 15 is 0 Å². The summed E-state index contributed by atoms with van der Waals surface area (Å²) in [6, 6.07) is 35.7. The third-order valence-electron chi connectivity index (χ3n) is 10.9. The zero-order valence-electron chi connectivity index (χ0n) is 34.4. The van der Waals surface area contributed by atoms with E-state index in [2.05, 4.69) is 70.5 Å². The van der Waals surface area contributed by atoms with Crippen LogP contribution in [-0.2, 0) is 9.53 Å². The Labute approximate surface area is 352 Å². The maximum absolute atomic E-state index is 14.0. The summed E-state index contributed by atoms with van der Waals surface area (Å²) in [6.45, 7) is 0.122. The van der Waals surface area contributed by atoms with Crippen LogP contribution in [-0.4, -0.2) is 56.9 Å². The van der Waals surface area contributed by atoms with Gasteiger partial charge >= 0.3 is 23.1 Å². The first-order valence-electron chi connectivity index (χ1n) is 20.1. The number of benzene rings is 6. The molecule has 1 aliphatic carbocycles. The summed E-state index contributed by atoms with van der Waals surface area (Å²) in [4.78, 5) is 41.5. The Kier molecular flexibility index (Phi) is 11.3. The van der Waals surface area contributed by atoms with E-state index in [1.807, 2.05) is 52.5 Å². The molecule has 1 aromatic heterocycles. The average molecular weight is 814 g/mol. The summed E-state index contributed by atoms with van der Waals surface area (Å²) in [7, 11) is 8.05. The van der Waals surface area contributed by atoms with Gasteiger partial charge in [0.25, 0.3) is 0 Å². The van der Waals surface area contributed by atoms with Crippen LogP contribution in [0, 0.1) is 0 Å². The first-order chi connectivity index (χ1) is 29.4. The number of carboxylic acid groups (broad SMARTS) is 1. The van der Waals surface area contributed by atoms with Gasteiger partial charge in [0.15, 0.2) is 5.43 Å². The third kappa shape index (κ3) is 8.52. The highest BCUT2D eigenvalue weighted by Gasteiger charge is 2.24. The van der Waals surface area contributed by atoms with E-state index in [0.717, 1.165) is 55.6 Å². The molecule has 0 bridgehead atoms. The Bertz CT molecular complexity index is 2950. The molecule has 1 aliphatic heterocycles. The SMILES string of the molecule is CN(C)c1ccc2c(-c3ccc(/C=C/c4ccc(-c5c6ccc(=O)cc-6oc6cc(O)ccc56)c(C(=O)OCCCCCC(=O)O)c4)cc3)c3ccc(N(C)C)cc3[o+]c2c1. The fraction of sp³-hybridized carbons (Fsp3) is 0.176. The van der Waals surface area contributed by atoms with E-state index < -0.39 is 11.9 Å². The van der Waals surface area contributed by atoms with Crippen LogP contribution in [0.15, 0.2) is 129 Å². The zero-order valence-corrected chi connectivity index (χ0v) is 34.4. The van der Waals surface area contributed by atoms with Crippen LogP contribution in [0.4, 0.5) is 11.4 Å². The highest BCUT2D eigenvalue weighted by Crippen LogP contribution is 2.43. The number of unbranched alkanes of at least 4 members (excludes halogenated alkanes) is 2. The van der Waals surface area contributed by atoms with Crippen LogP contribution in [0.25, 0.3) is 78.6 Å². The molecule has 2 aliphatic rings. The molecule has 8 rings (SSSR count). The van der Waals surface area contributed by atoms with Gasteiger partial charge in [-0.1, -0.05) is 48.6 Å². The quantitative estimate of drug-likeness (QED) is 0.0381. The summed E-state index contributed by atoms with van der Waals surface area (Å²) >= 11 is 0. The van der Waals surface area contributed by atoms with Crippen molar-refractivity contribution in [1.82, 2.24) is 0 Å². The molecular formula is C51H45N2O8+. The number of hydrogen-bond acceptors (Lipinski definition) is 8. The van der Waals surface area contributed by atoms with Crippen molar-refractivity contribution in [3.63, 3.8) is 0 Å². The van der Waals surface area contributed by atoms with Gasteiger partial charge in [-0.3, -0.25) is 9.59 Å². The molecule has 306 valence electrons. The van der Waals surface area contributed by atoms with E-state index in [0.29, 0.717) is 58.2 Å². The van der Waals surface area contributed by atoms with Crippen molar-refractivity contribution in [2.75, 3.05) is 44.6 Å². The molecule has 61 heavy (non-hydrogen) atoms. The van der Waals surface area contributed by atoms with Gasteiger partial charge in [0.05, 0.1) is 35.1 Å². The summed E-state index contributed by atoms with van der Waals surface area (Å²) in [6.07, 6.45) is 5.60. The van der Waals surface area contributed by atoms with E-state index in [4.69, 9.17) is 18.7 Å². The van der Waals surface area contributed by atoms with Crippen molar-refractivity contribution in [3.05, 3.63) is 142 Å². The van der Waals surface area contributed by atoms with Gasteiger partial charge in [-0.15, -0.1) is 0 Å². The Hall–Kier alpha value is -7.46. The molecule has 2 heterocycles. The number of hydrogen-bond donors (Lipinski definition) is 2. The lowest BCUT2D eigenvalue weighted by molar-refractivity contribution is -0.137. The topological polar surface area (TPSA) is 132 Å². The lowest BCUT2D eigenvalue weighted by Gasteiger charge is -2.18. The smallest absolute Gasteiger partial charge is 0.363 e. The van der Waals surface area contributed by atoms with Gasteiger partial charge in [0, 0.05) is 80.2 Å². The standard InChI is InChI=1S/C51H44N2O8/c1-52(2)34-16-21-39-44(27-34)60-45-28-35(53(3)4)17-22-40(45)49(39)33-14-11-31(12-15-33)9-10-32-13-20-38(43(26-32)51(58)59-25-7-5-6-8-48(56)57)50-41-23-18-36(54)29-46(41)61-47-30-37(55)19-24-42(47)50/h9-24,26-30H,5-8,25H2,1-4H3,(H-,54,55,56,57)/p+1/b10-9+. The fourth-order valence-electron chi connectivity index (χ4n) is 7.69. The molecule has 2 N–H and O–H groups in total. The number of ether oxygens (including phenoxy) is 1. The summed E-state index contributed by atoms with van der Waals surface area (Å²) in [5.41, 5.74) is 9.76. The van der Waals surface area contributed by atoms with Crippen LogP contribution < -0.4 is 15.2 Å². The lowest BCUT2D eigenvalue weighted by Crippen LogP contribution is -2.09. The molecule has 0 saturated carbocycles. The molecule has 0 atom stereocenters. The minimum absolute atomic E-state index is 0.00551. The van der Waals surface area contributed by atoms with Crippen molar-refractivity contribution < 1.29 is 33.4 Å². The van der Waals surface area contributed by atoms with E-state index in [-0.39, 0.29) is 24.2 Å². The molecule has 0 amide bonds. The first kappa shape index (κ1) is 40.3. The Balaban J connectivity index is 1.16. The van der Waals surface area contributed by atoms with Crippen LogP contribution in [0.5, 0.6) is 5.75 Å². The predicted molar refractivity (Wildman–Crippen MR) is 244 cm³/mol. The summed E-state index contributed by atoms with van der Waals surface area (Å²) < 4.78 is 18.4. The van der Waals surface area contributed by atoms with E-state index in [9.17, 15) is 19.5 Å². The number of esters is 1. The molecule has 10 nitrogen and oxygen atoms in total. The Morgan fingerprint density at radius 2 is 1.31 bits per heavy atom. The van der Waals surface area contributed by atoms with Crippen LogP contribution in [0.2, 0.25) is 0 Å². The fourth-order valence-corrected chi connectivity index (χ4v) is 7.69. The maximum Gasteiger partial charge on any atom is 0.363 e. The first-order valence-corrected chi connectivity index (χ1v) is 20.1.